The lowest BCUT2D eigenvalue weighted by atomic mass is 10.0. The fourth-order valence-corrected chi connectivity index (χ4v) is 2.48. The molecular weight excluding hydrogens is 263 g/mol. The van der Waals surface area contributed by atoms with Gasteiger partial charge in [-0.1, -0.05) is 18.2 Å². The van der Waals surface area contributed by atoms with E-state index in [0.717, 1.165) is 6.07 Å². The van der Waals surface area contributed by atoms with Gasteiger partial charge in [0, 0.05) is 18.4 Å². The van der Waals surface area contributed by atoms with Gasteiger partial charge in [-0.2, -0.15) is 24.9 Å². The van der Waals surface area contributed by atoms with E-state index in [1.54, 1.807) is 6.07 Å². The van der Waals surface area contributed by atoms with E-state index in [9.17, 15) is 13.2 Å². The smallest absolute Gasteiger partial charge is 0.396 e. The summed E-state index contributed by atoms with van der Waals surface area (Å²) in [4.78, 5) is 0. The average Bonchev–Trinajstić information content (AvgIpc) is 2.33. The standard InChI is InChI=1S/C12H16F3NOS/c13-12(14,15)10-5-2-1-4-9(10)11(16)8-18-7-3-6-17/h1-2,4-5,11,17H,3,6-8,16H2. The highest BCUT2D eigenvalue weighted by Crippen LogP contribution is 2.34. The van der Waals surface area contributed by atoms with Crippen molar-refractivity contribution in [3.63, 3.8) is 0 Å². The van der Waals surface area contributed by atoms with Crippen LogP contribution in [0.1, 0.15) is 23.6 Å². The molecule has 2 nitrogen and oxygen atoms in total. The fourth-order valence-electron chi connectivity index (χ4n) is 1.55. The molecule has 1 aromatic rings. The largest absolute Gasteiger partial charge is 0.416 e. The maximum Gasteiger partial charge on any atom is 0.416 e. The van der Waals surface area contributed by atoms with E-state index in [-0.39, 0.29) is 12.2 Å². The van der Waals surface area contributed by atoms with Crippen molar-refractivity contribution < 1.29 is 18.3 Å². The minimum Gasteiger partial charge on any atom is -0.396 e. The zero-order valence-corrected chi connectivity index (χ0v) is 10.6. The van der Waals surface area contributed by atoms with E-state index in [0.29, 0.717) is 17.9 Å². The number of hydrogen-bond donors (Lipinski definition) is 2. The van der Waals surface area contributed by atoms with Crippen molar-refractivity contribution in [3.8, 4) is 0 Å². The highest BCUT2D eigenvalue weighted by molar-refractivity contribution is 7.99. The number of halogens is 3. The first-order valence-corrected chi connectivity index (χ1v) is 6.72. The van der Waals surface area contributed by atoms with Gasteiger partial charge in [-0.05, 0) is 23.8 Å². The molecule has 0 aliphatic carbocycles. The Morgan fingerprint density at radius 3 is 2.56 bits per heavy atom. The molecule has 0 aromatic heterocycles. The lowest BCUT2D eigenvalue weighted by Gasteiger charge is -2.17. The third-order valence-electron chi connectivity index (χ3n) is 2.41. The van der Waals surface area contributed by atoms with Crippen molar-refractivity contribution in [1.29, 1.82) is 0 Å². The molecule has 6 heteroatoms. The Morgan fingerprint density at radius 2 is 1.94 bits per heavy atom. The van der Waals surface area contributed by atoms with Gasteiger partial charge in [0.15, 0.2) is 0 Å². The molecule has 1 aromatic carbocycles. The second-order valence-corrected chi connectivity index (χ2v) is 4.99. The van der Waals surface area contributed by atoms with E-state index < -0.39 is 17.8 Å². The number of thioether (sulfide) groups is 1. The Balaban J connectivity index is 2.70. The fraction of sp³-hybridized carbons (Fsp3) is 0.500. The summed E-state index contributed by atoms with van der Waals surface area (Å²) in [6.45, 7) is 0.0847. The van der Waals surface area contributed by atoms with Crippen molar-refractivity contribution in [3.05, 3.63) is 35.4 Å². The summed E-state index contributed by atoms with van der Waals surface area (Å²) < 4.78 is 38.3. The van der Waals surface area contributed by atoms with Gasteiger partial charge in [0.25, 0.3) is 0 Å². The van der Waals surface area contributed by atoms with Crippen molar-refractivity contribution >= 4 is 11.8 Å². The Bertz CT molecular complexity index is 371. The number of hydrogen-bond acceptors (Lipinski definition) is 3. The molecule has 0 radical (unpaired) electrons. The molecular formula is C12H16F3NOS. The zero-order chi connectivity index (χ0) is 13.6. The second kappa shape index (κ2) is 7.01. The first kappa shape index (κ1) is 15.3. The Kier molecular flexibility index (Phi) is 5.98. The molecule has 102 valence electrons. The normalized spacial score (nSPS) is 13.6. The molecule has 0 bridgehead atoms. The molecule has 0 saturated heterocycles. The first-order chi connectivity index (χ1) is 8.46. The Labute approximate surface area is 108 Å². The van der Waals surface area contributed by atoms with Crippen LogP contribution in [0, 0.1) is 0 Å². The number of alkyl halides is 3. The molecule has 1 atom stereocenters. The van der Waals surface area contributed by atoms with Crippen LogP contribution in [0.25, 0.3) is 0 Å². The van der Waals surface area contributed by atoms with Crippen LogP contribution in [0.15, 0.2) is 24.3 Å². The highest BCUT2D eigenvalue weighted by atomic mass is 32.2. The molecule has 3 N–H and O–H groups in total. The van der Waals surface area contributed by atoms with Crippen LogP contribution in [0.3, 0.4) is 0 Å². The second-order valence-electron chi connectivity index (χ2n) is 3.84. The molecule has 0 saturated carbocycles. The molecule has 0 aliphatic heterocycles. The quantitative estimate of drug-likeness (QED) is 0.787. The lowest BCUT2D eigenvalue weighted by molar-refractivity contribution is -0.138. The zero-order valence-electron chi connectivity index (χ0n) is 9.78. The molecule has 0 amide bonds. The van der Waals surface area contributed by atoms with Crippen LogP contribution in [0.5, 0.6) is 0 Å². The maximum atomic E-state index is 12.8. The highest BCUT2D eigenvalue weighted by Gasteiger charge is 2.34. The van der Waals surface area contributed by atoms with E-state index in [1.165, 1.54) is 23.9 Å². The van der Waals surface area contributed by atoms with Crippen molar-refractivity contribution in [2.75, 3.05) is 18.1 Å². The summed E-state index contributed by atoms with van der Waals surface area (Å²) in [5, 5.41) is 8.61. The van der Waals surface area contributed by atoms with Gasteiger partial charge in [-0.25, -0.2) is 0 Å². The number of benzene rings is 1. The van der Waals surface area contributed by atoms with Gasteiger partial charge < -0.3 is 10.8 Å². The third-order valence-corrected chi connectivity index (χ3v) is 3.58. The Morgan fingerprint density at radius 1 is 1.28 bits per heavy atom. The van der Waals surface area contributed by atoms with Crippen LogP contribution in [0.4, 0.5) is 13.2 Å². The topological polar surface area (TPSA) is 46.2 Å². The van der Waals surface area contributed by atoms with Crippen LogP contribution in [0.2, 0.25) is 0 Å². The van der Waals surface area contributed by atoms with Crippen LogP contribution in [-0.4, -0.2) is 23.2 Å². The van der Waals surface area contributed by atoms with Crippen LogP contribution >= 0.6 is 11.8 Å². The lowest BCUT2D eigenvalue weighted by Crippen LogP contribution is -2.19. The van der Waals surface area contributed by atoms with E-state index >= 15 is 0 Å². The number of aliphatic hydroxyl groups excluding tert-OH is 1. The summed E-state index contributed by atoms with van der Waals surface area (Å²) in [5.41, 5.74) is 5.25. The Hall–Kier alpha value is -0.720. The van der Waals surface area contributed by atoms with Gasteiger partial charge in [-0.15, -0.1) is 0 Å². The third kappa shape index (κ3) is 4.51. The maximum absolute atomic E-state index is 12.8. The molecule has 0 fully saturated rings. The van der Waals surface area contributed by atoms with Crippen LogP contribution in [-0.2, 0) is 6.18 Å². The molecule has 1 unspecified atom stereocenters. The minimum atomic E-state index is -4.37. The van der Waals surface area contributed by atoms with Gasteiger partial charge in [-0.3, -0.25) is 0 Å². The van der Waals surface area contributed by atoms with Gasteiger partial charge in [0.05, 0.1) is 5.56 Å². The van der Waals surface area contributed by atoms with Gasteiger partial charge >= 0.3 is 6.18 Å². The number of nitrogens with two attached hydrogens (primary N) is 1. The molecule has 0 spiro atoms. The van der Waals surface area contributed by atoms with E-state index in [1.807, 2.05) is 0 Å². The molecule has 1 rings (SSSR count). The molecule has 0 heterocycles. The molecule has 18 heavy (non-hydrogen) atoms. The average molecular weight is 279 g/mol. The monoisotopic (exact) mass is 279 g/mol. The summed E-state index contributed by atoms with van der Waals surface area (Å²) in [6, 6.07) is 4.74. The molecule has 0 aliphatic rings. The predicted molar refractivity (Wildman–Crippen MR) is 67.4 cm³/mol. The predicted octanol–water partition coefficient (Wildman–Crippen LogP) is 2.82. The van der Waals surface area contributed by atoms with Crippen molar-refractivity contribution in [2.24, 2.45) is 5.73 Å². The van der Waals surface area contributed by atoms with Crippen molar-refractivity contribution in [2.45, 2.75) is 18.6 Å². The summed E-state index contributed by atoms with van der Waals surface area (Å²) in [5.74, 6) is 1.10. The van der Waals surface area contributed by atoms with E-state index in [2.05, 4.69) is 0 Å². The van der Waals surface area contributed by atoms with Gasteiger partial charge in [0.1, 0.15) is 0 Å². The number of rotatable bonds is 6. The van der Waals surface area contributed by atoms with Gasteiger partial charge in [0.2, 0.25) is 0 Å². The summed E-state index contributed by atoms with van der Waals surface area (Å²) in [6.07, 6.45) is -3.75. The SMILES string of the molecule is NC(CSCCCO)c1ccccc1C(F)(F)F. The summed E-state index contributed by atoms with van der Waals surface area (Å²) >= 11 is 1.45. The van der Waals surface area contributed by atoms with Crippen LogP contribution < -0.4 is 5.73 Å². The summed E-state index contributed by atoms with van der Waals surface area (Å²) in [7, 11) is 0. The van der Waals surface area contributed by atoms with Crippen molar-refractivity contribution in [1.82, 2.24) is 0 Å². The number of aliphatic hydroxyl groups is 1. The first-order valence-electron chi connectivity index (χ1n) is 5.57. The van der Waals surface area contributed by atoms with E-state index in [4.69, 9.17) is 10.8 Å². The minimum absolute atomic E-state index is 0.0847.